The van der Waals surface area contributed by atoms with Crippen molar-refractivity contribution in [2.45, 2.75) is 6.42 Å². The molecule has 3 rings (SSSR count). The first-order chi connectivity index (χ1) is 6.45. The smallest absolute Gasteiger partial charge is 0.00135 e. The first-order valence-electron chi connectivity index (χ1n) is 4.61. The van der Waals surface area contributed by atoms with Gasteiger partial charge >= 0.3 is 0 Å². The Hall–Kier alpha value is -1.77. The van der Waals surface area contributed by atoms with Crippen molar-refractivity contribution in [1.82, 2.24) is 0 Å². The summed E-state index contributed by atoms with van der Waals surface area (Å²) in [5.74, 6) is 0. The van der Waals surface area contributed by atoms with Crippen LogP contribution in [0.25, 0.3) is 11.1 Å². The molecule has 86 valence electrons. The van der Waals surface area contributed by atoms with E-state index in [4.69, 9.17) is 0 Å². The molecule has 0 aromatic heterocycles. The topological polar surface area (TPSA) is 0 Å². The highest BCUT2D eigenvalue weighted by Crippen LogP contribution is 2.35. The van der Waals surface area contributed by atoms with E-state index in [2.05, 4.69) is 48.5 Å². The van der Waals surface area contributed by atoms with Gasteiger partial charge < -0.3 is 0 Å². The van der Waals surface area contributed by atoms with Crippen LogP contribution in [0.15, 0.2) is 48.5 Å². The second-order valence-corrected chi connectivity index (χ2v) is 3.49. The summed E-state index contributed by atoms with van der Waals surface area (Å²) < 4.78 is 0. The SMILES string of the molecule is F.F.F.c1ccc2c(c1)Cc1ccccc1-2. The number of fused-ring (bicyclic) bond motifs is 3. The molecule has 0 atom stereocenters. The van der Waals surface area contributed by atoms with Crippen molar-refractivity contribution in [3.8, 4) is 11.1 Å². The van der Waals surface area contributed by atoms with Crippen LogP contribution >= 0.6 is 0 Å². The Morgan fingerprint density at radius 3 is 1.38 bits per heavy atom. The van der Waals surface area contributed by atoms with Crippen molar-refractivity contribution < 1.29 is 14.1 Å². The molecular formula is C13H13F3. The lowest BCUT2D eigenvalue weighted by Gasteiger charge is -1.98. The Labute approximate surface area is 92.0 Å². The second kappa shape index (κ2) is 5.35. The Morgan fingerprint density at radius 2 is 0.938 bits per heavy atom. The van der Waals surface area contributed by atoms with Gasteiger partial charge in [-0.1, -0.05) is 48.5 Å². The van der Waals surface area contributed by atoms with Crippen LogP contribution in [0.2, 0.25) is 0 Å². The van der Waals surface area contributed by atoms with Crippen molar-refractivity contribution in [3.05, 3.63) is 59.7 Å². The largest absolute Gasteiger partial charge is 0.269 e. The maximum atomic E-state index is 2.22. The predicted molar refractivity (Wildman–Crippen MR) is 62.2 cm³/mol. The summed E-state index contributed by atoms with van der Waals surface area (Å²) in [6.45, 7) is 0. The summed E-state index contributed by atoms with van der Waals surface area (Å²) >= 11 is 0. The molecule has 0 bridgehead atoms. The zero-order valence-electron chi connectivity index (χ0n) is 8.55. The molecule has 3 heteroatoms. The van der Waals surface area contributed by atoms with Crippen LogP contribution in [-0.4, -0.2) is 0 Å². The van der Waals surface area contributed by atoms with Crippen molar-refractivity contribution in [2.75, 3.05) is 0 Å². The molecule has 0 amide bonds. The Bertz CT molecular complexity index is 423. The molecule has 0 fully saturated rings. The molecule has 0 heterocycles. The van der Waals surface area contributed by atoms with E-state index in [1.54, 1.807) is 0 Å². The van der Waals surface area contributed by atoms with Crippen LogP contribution in [0.1, 0.15) is 11.1 Å². The Balaban J connectivity index is 0.000000750. The highest BCUT2D eigenvalue weighted by Gasteiger charge is 2.15. The summed E-state index contributed by atoms with van der Waals surface area (Å²) in [7, 11) is 0. The normalized spacial score (nSPS) is 10.0. The summed E-state index contributed by atoms with van der Waals surface area (Å²) in [4.78, 5) is 0. The highest BCUT2D eigenvalue weighted by molar-refractivity contribution is 5.76. The van der Waals surface area contributed by atoms with E-state index in [1.807, 2.05) is 0 Å². The first-order valence-corrected chi connectivity index (χ1v) is 4.61. The molecule has 1 aliphatic rings. The van der Waals surface area contributed by atoms with E-state index in [0.29, 0.717) is 0 Å². The van der Waals surface area contributed by atoms with Gasteiger partial charge in [-0.05, 0) is 28.7 Å². The molecule has 16 heavy (non-hydrogen) atoms. The zero-order chi connectivity index (χ0) is 8.67. The van der Waals surface area contributed by atoms with Gasteiger partial charge in [0.25, 0.3) is 0 Å². The van der Waals surface area contributed by atoms with Gasteiger partial charge in [0.05, 0.1) is 0 Å². The zero-order valence-corrected chi connectivity index (χ0v) is 8.55. The minimum Gasteiger partial charge on any atom is -0.269 e. The van der Waals surface area contributed by atoms with Crippen LogP contribution in [0, 0.1) is 0 Å². The summed E-state index contributed by atoms with van der Waals surface area (Å²) in [6, 6.07) is 17.3. The van der Waals surface area contributed by atoms with Crippen molar-refractivity contribution in [1.29, 1.82) is 0 Å². The van der Waals surface area contributed by atoms with E-state index < -0.39 is 0 Å². The quantitative estimate of drug-likeness (QED) is 0.548. The number of halogens is 3. The van der Waals surface area contributed by atoms with Gasteiger partial charge in [0, 0.05) is 0 Å². The number of hydrogen-bond acceptors (Lipinski definition) is 0. The molecule has 0 spiro atoms. The summed E-state index contributed by atoms with van der Waals surface area (Å²) in [5, 5.41) is 0. The van der Waals surface area contributed by atoms with Crippen molar-refractivity contribution in [3.63, 3.8) is 0 Å². The van der Waals surface area contributed by atoms with Crippen LogP contribution in [0.5, 0.6) is 0 Å². The van der Waals surface area contributed by atoms with E-state index in [9.17, 15) is 0 Å². The molecule has 0 radical (unpaired) electrons. The molecular weight excluding hydrogens is 213 g/mol. The van der Waals surface area contributed by atoms with Crippen molar-refractivity contribution >= 4 is 0 Å². The monoisotopic (exact) mass is 226 g/mol. The van der Waals surface area contributed by atoms with Gasteiger partial charge in [0.15, 0.2) is 0 Å². The molecule has 0 N–H and O–H groups in total. The van der Waals surface area contributed by atoms with Gasteiger partial charge in [-0.2, -0.15) is 0 Å². The highest BCUT2D eigenvalue weighted by atomic mass is 19.0. The van der Waals surface area contributed by atoms with Crippen LogP contribution in [0.3, 0.4) is 0 Å². The maximum Gasteiger partial charge on any atom is -0.00135 e. The van der Waals surface area contributed by atoms with Crippen LogP contribution in [0.4, 0.5) is 14.1 Å². The average molecular weight is 226 g/mol. The van der Waals surface area contributed by atoms with Gasteiger partial charge in [-0.15, -0.1) is 0 Å². The Morgan fingerprint density at radius 1 is 0.562 bits per heavy atom. The van der Waals surface area contributed by atoms with E-state index >= 15 is 0 Å². The lowest BCUT2D eigenvalue weighted by atomic mass is 10.1. The third kappa shape index (κ3) is 1.94. The maximum absolute atomic E-state index is 2.22. The standard InChI is InChI=1S/C13H10.3FH/c1-3-7-12-10(5-1)9-11-6-2-4-8-13(11)12;;;/h1-8H,9H2;3*1H. The third-order valence-electron chi connectivity index (χ3n) is 2.71. The van der Waals surface area contributed by atoms with E-state index in [0.717, 1.165) is 6.42 Å². The molecule has 2 aromatic rings. The number of benzene rings is 2. The van der Waals surface area contributed by atoms with Crippen LogP contribution < -0.4 is 0 Å². The second-order valence-electron chi connectivity index (χ2n) is 3.49. The van der Waals surface area contributed by atoms with Crippen molar-refractivity contribution in [2.24, 2.45) is 0 Å². The molecule has 0 unspecified atom stereocenters. The fourth-order valence-electron chi connectivity index (χ4n) is 2.08. The Kier molecular flexibility index (Phi) is 4.76. The van der Waals surface area contributed by atoms with Gasteiger partial charge in [0.1, 0.15) is 0 Å². The predicted octanol–water partition coefficient (Wildman–Crippen LogP) is 3.72. The fraction of sp³-hybridized carbons (Fsp3) is 0.0769. The molecule has 1 aliphatic carbocycles. The number of hydrogen-bond donors (Lipinski definition) is 0. The summed E-state index contributed by atoms with van der Waals surface area (Å²) in [5.41, 5.74) is 5.75. The minimum absolute atomic E-state index is 0. The van der Waals surface area contributed by atoms with E-state index in [-0.39, 0.29) is 14.1 Å². The van der Waals surface area contributed by atoms with Gasteiger partial charge in [-0.3, -0.25) is 14.1 Å². The van der Waals surface area contributed by atoms with Crippen LogP contribution in [-0.2, 0) is 6.42 Å². The molecule has 0 saturated heterocycles. The van der Waals surface area contributed by atoms with E-state index in [1.165, 1.54) is 22.3 Å². The molecule has 0 saturated carbocycles. The molecule has 0 aliphatic heterocycles. The third-order valence-corrected chi connectivity index (χ3v) is 2.71. The molecule has 0 nitrogen and oxygen atoms in total. The average Bonchev–Trinajstić information content (AvgIpc) is 2.56. The van der Waals surface area contributed by atoms with Gasteiger partial charge in [0.2, 0.25) is 0 Å². The minimum atomic E-state index is 0. The first kappa shape index (κ1) is 14.2. The van der Waals surface area contributed by atoms with Gasteiger partial charge in [-0.25, -0.2) is 0 Å². The lowest BCUT2D eigenvalue weighted by Crippen LogP contribution is -1.77. The lowest BCUT2D eigenvalue weighted by molar-refractivity contribution is 1.11. The summed E-state index contributed by atoms with van der Waals surface area (Å²) in [6.07, 6.45) is 1.10. The molecule has 2 aromatic carbocycles. The fourth-order valence-corrected chi connectivity index (χ4v) is 2.08. The number of rotatable bonds is 0.